The smallest absolute Gasteiger partial charge is 0.120 e. The average Bonchev–Trinajstić information content (AvgIpc) is 2.38. The molecule has 0 aliphatic carbocycles. The van der Waals surface area contributed by atoms with Gasteiger partial charge in [-0.3, -0.25) is 0 Å². The van der Waals surface area contributed by atoms with Crippen molar-refractivity contribution in [1.82, 2.24) is 0 Å². The number of nitrogens with two attached hydrogens (primary N) is 1. The summed E-state index contributed by atoms with van der Waals surface area (Å²) in [5.41, 5.74) is 8.02. The Morgan fingerprint density at radius 3 is 2.28 bits per heavy atom. The van der Waals surface area contributed by atoms with Gasteiger partial charge in [-0.05, 0) is 35.4 Å². The highest BCUT2D eigenvalue weighted by Crippen LogP contribution is 2.30. The molecule has 0 fully saturated rings. The first kappa shape index (κ1) is 13.2. The Morgan fingerprint density at radius 2 is 1.72 bits per heavy atom. The van der Waals surface area contributed by atoms with E-state index in [1.807, 2.05) is 36.4 Å². The van der Waals surface area contributed by atoms with Gasteiger partial charge in [0.15, 0.2) is 0 Å². The number of halogens is 2. The van der Waals surface area contributed by atoms with Crippen molar-refractivity contribution in [3.05, 3.63) is 63.6 Å². The predicted octanol–water partition coefficient (Wildman–Crippen LogP) is 4.05. The van der Waals surface area contributed by atoms with Crippen LogP contribution in [-0.2, 0) is 0 Å². The maximum atomic E-state index is 6.20. The van der Waals surface area contributed by atoms with Crippen molar-refractivity contribution in [2.45, 2.75) is 6.04 Å². The van der Waals surface area contributed by atoms with E-state index in [-0.39, 0.29) is 6.04 Å². The first-order chi connectivity index (χ1) is 8.61. The molecule has 1 atom stereocenters. The zero-order valence-corrected chi connectivity index (χ0v) is 11.4. The molecule has 4 heteroatoms. The fourth-order valence-corrected chi connectivity index (χ4v) is 2.15. The van der Waals surface area contributed by atoms with Crippen molar-refractivity contribution in [2.75, 3.05) is 7.11 Å². The first-order valence-electron chi connectivity index (χ1n) is 5.46. The van der Waals surface area contributed by atoms with Crippen molar-refractivity contribution in [3.63, 3.8) is 0 Å². The summed E-state index contributed by atoms with van der Waals surface area (Å²) in [6.45, 7) is 0. The Kier molecular flexibility index (Phi) is 4.12. The largest absolute Gasteiger partial charge is 0.497 e. The Morgan fingerprint density at radius 1 is 1.06 bits per heavy atom. The molecule has 2 aromatic rings. The maximum absolute atomic E-state index is 6.20. The fourth-order valence-electron chi connectivity index (χ4n) is 1.74. The Bertz CT molecular complexity index is 540. The number of hydrogen-bond acceptors (Lipinski definition) is 2. The summed E-state index contributed by atoms with van der Waals surface area (Å²) >= 11 is 12.0. The molecule has 2 aromatic carbocycles. The van der Waals surface area contributed by atoms with Crippen LogP contribution in [-0.4, -0.2) is 7.11 Å². The summed E-state index contributed by atoms with van der Waals surface area (Å²) in [6.07, 6.45) is 0. The Hall–Kier alpha value is -1.22. The quantitative estimate of drug-likeness (QED) is 0.921. The molecular formula is C14H13Cl2NO. The van der Waals surface area contributed by atoms with Gasteiger partial charge in [-0.2, -0.15) is 0 Å². The third-order valence-corrected chi connectivity index (χ3v) is 3.35. The molecule has 0 bridgehead atoms. The highest BCUT2D eigenvalue weighted by molar-refractivity contribution is 6.31. The van der Waals surface area contributed by atoms with E-state index in [0.717, 1.165) is 11.1 Å². The normalized spacial score (nSPS) is 12.2. The van der Waals surface area contributed by atoms with Gasteiger partial charge in [0, 0.05) is 10.0 Å². The Labute approximate surface area is 116 Å². The highest BCUT2D eigenvalue weighted by Gasteiger charge is 2.13. The molecule has 18 heavy (non-hydrogen) atoms. The number of methoxy groups -OCH3 is 1. The molecule has 0 aromatic heterocycles. The van der Waals surface area contributed by atoms with Gasteiger partial charge in [0.1, 0.15) is 5.75 Å². The van der Waals surface area contributed by atoms with Crippen LogP contribution in [0.25, 0.3) is 0 Å². The van der Waals surface area contributed by atoms with Gasteiger partial charge in [-0.1, -0.05) is 41.4 Å². The molecule has 0 radical (unpaired) electrons. The number of ether oxygens (including phenoxy) is 1. The second kappa shape index (κ2) is 5.61. The van der Waals surface area contributed by atoms with E-state index in [1.54, 1.807) is 13.2 Å². The zero-order chi connectivity index (χ0) is 13.1. The lowest BCUT2D eigenvalue weighted by atomic mass is 9.99. The molecule has 0 aliphatic heterocycles. The van der Waals surface area contributed by atoms with Crippen LogP contribution in [0.15, 0.2) is 42.5 Å². The molecule has 2 N–H and O–H groups in total. The lowest BCUT2D eigenvalue weighted by molar-refractivity contribution is 0.414. The van der Waals surface area contributed by atoms with E-state index in [2.05, 4.69) is 0 Å². The predicted molar refractivity (Wildman–Crippen MR) is 75.5 cm³/mol. The molecule has 0 saturated carbocycles. The van der Waals surface area contributed by atoms with E-state index >= 15 is 0 Å². The van der Waals surface area contributed by atoms with Gasteiger partial charge < -0.3 is 10.5 Å². The van der Waals surface area contributed by atoms with Gasteiger partial charge in [-0.25, -0.2) is 0 Å². The zero-order valence-electron chi connectivity index (χ0n) is 9.86. The van der Waals surface area contributed by atoms with E-state index < -0.39 is 0 Å². The lowest BCUT2D eigenvalue weighted by Crippen LogP contribution is -2.12. The van der Waals surface area contributed by atoms with Crippen molar-refractivity contribution >= 4 is 23.2 Å². The van der Waals surface area contributed by atoms with Crippen molar-refractivity contribution < 1.29 is 4.74 Å². The van der Waals surface area contributed by atoms with E-state index in [0.29, 0.717) is 15.8 Å². The van der Waals surface area contributed by atoms with Crippen molar-refractivity contribution in [3.8, 4) is 5.75 Å². The molecule has 94 valence electrons. The molecular weight excluding hydrogens is 269 g/mol. The second-order valence-corrected chi connectivity index (χ2v) is 4.76. The minimum atomic E-state index is -0.277. The third-order valence-electron chi connectivity index (χ3n) is 2.77. The summed E-state index contributed by atoms with van der Waals surface area (Å²) < 4.78 is 5.11. The first-order valence-corrected chi connectivity index (χ1v) is 6.22. The summed E-state index contributed by atoms with van der Waals surface area (Å²) in [7, 11) is 1.60. The number of rotatable bonds is 3. The second-order valence-electron chi connectivity index (χ2n) is 3.92. The number of hydrogen-bond donors (Lipinski definition) is 1. The maximum Gasteiger partial charge on any atom is 0.120 e. The average molecular weight is 282 g/mol. The lowest BCUT2D eigenvalue weighted by Gasteiger charge is -2.15. The molecule has 0 saturated heterocycles. The summed E-state index contributed by atoms with van der Waals surface area (Å²) in [5.74, 6) is 0.715. The van der Waals surface area contributed by atoms with Crippen LogP contribution in [0, 0.1) is 0 Å². The SMILES string of the molecule is COc1ccc(C(N)c2ccc(Cl)cc2)c(Cl)c1. The molecule has 2 nitrogen and oxygen atoms in total. The summed E-state index contributed by atoms with van der Waals surface area (Å²) in [5, 5.41) is 1.28. The van der Waals surface area contributed by atoms with E-state index in [9.17, 15) is 0 Å². The number of benzene rings is 2. The molecule has 1 unspecified atom stereocenters. The van der Waals surface area contributed by atoms with Crippen LogP contribution >= 0.6 is 23.2 Å². The van der Waals surface area contributed by atoms with Crippen LogP contribution in [0.2, 0.25) is 10.0 Å². The molecule has 0 aliphatic rings. The van der Waals surface area contributed by atoms with Crippen LogP contribution in [0.3, 0.4) is 0 Å². The van der Waals surface area contributed by atoms with Crippen molar-refractivity contribution in [2.24, 2.45) is 5.73 Å². The Balaban J connectivity index is 2.33. The molecule has 0 spiro atoms. The van der Waals surface area contributed by atoms with Crippen LogP contribution in [0.1, 0.15) is 17.2 Å². The highest BCUT2D eigenvalue weighted by atomic mass is 35.5. The van der Waals surface area contributed by atoms with Gasteiger partial charge in [0.25, 0.3) is 0 Å². The van der Waals surface area contributed by atoms with Crippen LogP contribution in [0.4, 0.5) is 0 Å². The topological polar surface area (TPSA) is 35.2 Å². The molecule has 2 rings (SSSR count). The van der Waals surface area contributed by atoms with Crippen LogP contribution < -0.4 is 10.5 Å². The van der Waals surface area contributed by atoms with Gasteiger partial charge in [-0.15, -0.1) is 0 Å². The minimum Gasteiger partial charge on any atom is -0.497 e. The van der Waals surface area contributed by atoms with E-state index in [4.69, 9.17) is 33.7 Å². The van der Waals surface area contributed by atoms with Gasteiger partial charge >= 0.3 is 0 Å². The van der Waals surface area contributed by atoms with Gasteiger partial charge in [0.05, 0.1) is 13.2 Å². The standard InChI is InChI=1S/C14H13Cl2NO/c1-18-11-6-7-12(13(16)8-11)14(17)9-2-4-10(15)5-3-9/h2-8,14H,17H2,1H3. The monoisotopic (exact) mass is 281 g/mol. The van der Waals surface area contributed by atoms with Gasteiger partial charge in [0.2, 0.25) is 0 Å². The summed E-state index contributed by atoms with van der Waals surface area (Å²) in [6, 6.07) is 12.6. The van der Waals surface area contributed by atoms with Crippen molar-refractivity contribution in [1.29, 1.82) is 0 Å². The van der Waals surface area contributed by atoms with Crippen LogP contribution in [0.5, 0.6) is 5.75 Å². The summed E-state index contributed by atoms with van der Waals surface area (Å²) in [4.78, 5) is 0. The van der Waals surface area contributed by atoms with E-state index in [1.165, 1.54) is 0 Å². The third kappa shape index (κ3) is 2.78. The fraction of sp³-hybridized carbons (Fsp3) is 0.143. The molecule has 0 heterocycles. The molecule has 0 amide bonds. The minimum absolute atomic E-state index is 0.277.